The lowest BCUT2D eigenvalue weighted by Crippen LogP contribution is -2.42. The van der Waals surface area contributed by atoms with Crippen molar-refractivity contribution in [3.8, 4) is 0 Å². The Balaban J connectivity index is 2.19. The van der Waals surface area contributed by atoms with E-state index in [4.69, 9.17) is 0 Å². The third-order valence-corrected chi connectivity index (χ3v) is 4.39. The molecule has 1 N–H and O–H groups in total. The summed E-state index contributed by atoms with van der Waals surface area (Å²) in [6.45, 7) is 11.2. The zero-order chi connectivity index (χ0) is 14.3. The highest BCUT2D eigenvalue weighted by Gasteiger charge is 2.22. The van der Waals surface area contributed by atoms with Crippen LogP contribution in [0.4, 0.5) is 0 Å². The largest absolute Gasteiger partial charge is 0.343 e. The zero-order valence-corrected chi connectivity index (χ0v) is 13.1. The molecule has 0 aromatic heterocycles. The molecule has 1 unspecified atom stereocenters. The predicted octanol–water partition coefficient (Wildman–Crippen LogP) is 1.56. The molecule has 1 fully saturated rings. The van der Waals surface area contributed by atoms with Crippen molar-refractivity contribution in [1.29, 1.82) is 0 Å². The van der Waals surface area contributed by atoms with Gasteiger partial charge in [0.1, 0.15) is 0 Å². The van der Waals surface area contributed by atoms with Crippen LogP contribution in [-0.4, -0.2) is 61.5 Å². The molecule has 0 saturated carbocycles. The minimum atomic E-state index is 0.271. The summed E-state index contributed by atoms with van der Waals surface area (Å²) in [6, 6.07) is 0.526. The van der Waals surface area contributed by atoms with Crippen molar-refractivity contribution in [3.63, 3.8) is 0 Å². The maximum Gasteiger partial charge on any atom is 0.223 e. The maximum absolute atomic E-state index is 11.9. The number of piperidine rings is 1. The smallest absolute Gasteiger partial charge is 0.223 e. The van der Waals surface area contributed by atoms with Gasteiger partial charge in [-0.25, -0.2) is 0 Å². The first kappa shape index (κ1) is 16.4. The summed E-state index contributed by atoms with van der Waals surface area (Å²) in [5.41, 5.74) is 0. The molecule has 0 radical (unpaired) electrons. The van der Waals surface area contributed by atoms with Crippen molar-refractivity contribution in [3.05, 3.63) is 0 Å². The lowest BCUT2D eigenvalue weighted by molar-refractivity contribution is -0.130. The number of carbonyl (C=O) groups excluding carboxylic acids is 1. The van der Waals surface area contributed by atoms with E-state index in [1.807, 2.05) is 18.7 Å². The number of hydrogen-bond acceptors (Lipinski definition) is 3. The van der Waals surface area contributed by atoms with E-state index in [2.05, 4.69) is 24.2 Å². The van der Waals surface area contributed by atoms with Gasteiger partial charge in [-0.15, -0.1) is 0 Å². The molecule has 112 valence electrons. The SMILES string of the molecule is CCN(CC)C(=O)CCNC(C)C1CCN(C)CC1. The molecule has 19 heavy (non-hydrogen) atoms. The minimum absolute atomic E-state index is 0.271. The third kappa shape index (κ3) is 5.49. The Morgan fingerprint density at radius 2 is 1.89 bits per heavy atom. The second-order valence-electron chi connectivity index (χ2n) is 5.70. The van der Waals surface area contributed by atoms with Gasteiger partial charge in [-0.1, -0.05) is 0 Å². The van der Waals surface area contributed by atoms with E-state index in [9.17, 15) is 4.79 Å². The van der Waals surface area contributed by atoms with E-state index in [1.165, 1.54) is 25.9 Å². The first-order chi connectivity index (χ1) is 9.08. The van der Waals surface area contributed by atoms with Crippen LogP contribution < -0.4 is 5.32 Å². The molecule has 0 aromatic carbocycles. The number of nitrogens with zero attached hydrogens (tertiary/aromatic N) is 2. The summed E-state index contributed by atoms with van der Waals surface area (Å²) < 4.78 is 0. The van der Waals surface area contributed by atoms with Gasteiger partial charge in [0.05, 0.1) is 0 Å². The fourth-order valence-electron chi connectivity index (χ4n) is 2.84. The van der Waals surface area contributed by atoms with Gasteiger partial charge in [-0.05, 0) is 59.7 Å². The molecule has 1 heterocycles. The standard InChI is InChI=1S/C15H31N3O/c1-5-18(6-2)15(19)7-10-16-13(3)14-8-11-17(4)12-9-14/h13-14,16H,5-12H2,1-4H3. The van der Waals surface area contributed by atoms with Gasteiger partial charge in [-0.3, -0.25) is 4.79 Å². The third-order valence-electron chi connectivity index (χ3n) is 4.39. The van der Waals surface area contributed by atoms with Crippen molar-refractivity contribution in [2.45, 2.75) is 46.1 Å². The Hall–Kier alpha value is -0.610. The highest BCUT2D eigenvalue weighted by Crippen LogP contribution is 2.19. The molecule has 1 rings (SSSR count). The Labute approximate surface area is 118 Å². The summed E-state index contributed by atoms with van der Waals surface area (Å²) in [6.07, 6.45) is 3.17. The number of rotatable bonds is 7. The molecule has 1 amide bonds. The van der Waals surface area contributed by atoms with Crippen LogP contribution in [0.25, 0.3) is 0 Å². The van der Waals surface area contributed by atoms with Gasteiger partial charge in [0.2, 0.25) is 5.91 Å². The lowest BCUT2D eigenvalue weighted by Gasteiger charge is -2.33. The summed E-state index contributed by atoms with van der Waals surface area (Å²) in [5.74, 6) is 1.04. The average molecular weight is 269 g/mol. The molecule has 1 saturated heterocycles. The Kier molecular flexibility index (Phi) is 7.39. The molecule has 1 aliphatic heterocycles. The number of likely N-dealkylation sites (tertiary alicyclic amines) is 1. The van der Waals surface area contributed by atoms with Crippen molar-refractivity contribution >= 4 is 5.91 Å². The van der Waals surface area contributed by atoms with Crippen molar-refractivity contribution in [2.75, 3.05) is 39.8 Å². The molecule has 0 spiro atoms. The monoisotopic (exact) mass is 269 g/mol. The first-order valence-electron chi connectivity index (χ1n) is 7.78. The molecule has 0 bridgehead atoms. The molecule has 1 atom stereocenters. The fraction of sp³-hybridized carbons (Fsp3) is 0.933. The second-order valence-corrected chi connectivity index (χ2v) is 5.70. The first-order valence-corrected chi connectivity index (χ1v) is 7.78. The van der Waals surface area contributed by atoms with Crippen molar-refractivity contribution in [1.82, 2.24) is 15.1 Å². The molecule has 0 aliphatic carbocycles. The van der Waals surface area contributed by atoms with Crippen LogP contribution in [-0.2, 0) is 4.79 Å². The average Bonchev–Trinajstić information content (AvgIpc) is 2.40. The molecule has 4 heteroatoms. The number of hydrogen-bond donors (Lipinski definition) is 1. The minimum Gasteiger partial charge on any atom is -0.343 e. The Morgan fingerprint density at radius 3 is 2.42 bits per heavy atom. The second kappa shape index (κ2) is 8.54. The van der Waals surface area contributed by atoms with Gasteiger partial charge in [0.25, 0.3) is 0 Å². The molecular weight excluding hydrogens is 238 g/mol. The van der Waals surface area contributed by atoms with Gasteiger partial charge < -0.3 is 15.1 Å². The van der Waals surface area contributed by atoms with Crippen LogP contribution in [0.5, 0.6) is 0 Å². The van der Waals surface area contributed by atoms with Gasteiger partial charge in [0.15, 0.2) is 0 Å². The number of nitrogens with one attached hydrogen (secondary N) is 1. The summed E-state index contributed by atoms with van der Waals surface area (Å²) in [4.78, 5) is 16.2. The highest BCUT2D eigenvalue weighted by molar-refractivity contribution is 5.76. The zero-order valence-electron chi connectivity index (χ0n) is 13.1. The molecular formula is C15H31N3O. The van der Waals surface area contributed by atoms with Crippen LogP contribution in [0.3, 0.4) is 0 Å². The van der Waals surface area contributed by atoms with Crippen LogP contribution in [0.15, 0.2) is 0 Å². The Morgan fingerprint density at radius 1 is 1.32 bits per heavy atom. The van der Waals surface area contributed by atoms with Gasteiger partial charge >= 0.3 is 0 Å². The summed E-state index contributed by atoms with van der Waals surface area (Å²) in [7, 11) is 2.19. The van der Waals surface area contributed by atoms with Crippen LogP contribution in [0, 0.1) is 5.92 Å². The van der Waals surface area contributed by atoms with Crippen LogP contribution >= 0.6 is 0 Å². The fourth-order valence-corrected chi connectivity index (χ4v) is 2.84. The lowest BCUT2D eigenvalue weighted by atomic mass is 9.90. The van der Waals surface area contributed by atoms with Crippen molar-refractivity contribution in [2.24, 2.45) is 5.92 Å². The van der Waals surface area contributed by atoms with E-state index >= 15 is 0 Å². The topological polar surface area (TPSA) is 35.6 Å². The molecule has 4 nitrogen and oxygen atoms in total. The van der Waals surface area contributed by atoms with E-state index in [0.717, 1.165) is 25.6 Å². The highest BCUT2D eigenvalue weighted by atomic mass is 16.2. The molecule has 0 aromatic rings. The van der Waals surface area contributed by atoms with E-state index in [-0.39, 0.29) is 5.91 Å². The molecule has 1 aliphatic rings. The predicted molar refractivity (Wildman–Crippen MR) is 80.2 cm³/mol. The van der Waals surface area contributed by atoms with E-state index in [1.54, 1.807) is 0 Å². The van der Waals surface area contributed by atoms with Gasteiger partial charge in [0, 0.05) is 32.1 Å². The van der Waals surface area contributed by atoms with Crippen molar-refractivity contribution < 1.29 is 4.79 Å². The van der Waals surface area contributed by atoms with E-state index in [0.29, 0.717) is 12.5 Å². The van der Waals surface area contributed by atoms with Crippen LogP contribution in [0.1, 0.15) is 40.0 Å². The Bertz CT molecular complexity index is 258. The van der Waals surface area contributed by atoms with Crippen LogP contribution in [0.2, 0.25) is 0 Å². The number of amides is 1. The maximum atomic E-state index is 11.9. The quantitative estimate of drug-likeness (QED) is 0.762. The normalized spacial score (nSPS) is 19.4. The van der Waals surface area contributed by atoms with Gasteiger partial charge in [-0.2, -0.15) is 0 Å². The summed E-state index contributed by atoms with van der Waals surface area (Å²) in [5, 5.41) is 3.54. The van der Waals surface area contributed by atoms with E-state index < -0.39 is 0 Å². The summed E-state index contributed by atoms with van der Waals surface area (Å²) >= 11 is 0. The number of carbonyl (C=O) groups is 1.